The molecule has 2 aromatic rings. The molecule has 2 heterocycles. The Balaban J connectivity index is 1.78. The minimum atomic E-state index is -0.231. The molecule has 114 valence electrons. The lowest BCUT2D eigenvalue weighted by Gasteiger charge is -2.33. The summed E-state index contributed by atoms with van der Waals surface area (Å²) in [6.07, 6.45) is 1.30. The zero-order valence-corrected chi connectivity index (χ0v) is 13.2. The lowest BCUT2D eigenvalue weighted by Crippen LogP contribution is -2.42. The van der Waals surface area contributed by atoms with Gasteiger partial charge in [-0.25, -0.2) is 0 Å². The van der Waals surface area contributed by atoms with Gasteiger partial charge in [-0.2, -0.15) is 0 Å². The Bertz CT molecular complexity index is 693. The van der Waals surface area contributed by atoms with Crippen LogP contribution in [0.1, 0.15) is 22.2 Å². The first-order chi connectivity index (χ1) is 10.6. The highest BCUT2D eigenvalue weighted by molar-refractivity contribution is 6.31. The van der Waals surface area contributed by atoms with E-state index in [1.54, 1.807) is 17.0 Å². The summed E-state index contributed by atoms with van der Waals surface area (Å²) in [4.78, 5) is 18.3. The van der Waals surface area contributed by atoms with Gasteiger partial charge in [0.05, 0.1) is 13.2 Å². The minimum Gasteiger partial charge on any atom is -0.370 e. The Labute approximate surface area is 138 Å². The van der Waals surface area contributed by atoms with E-state index in [2.05, 4.69) is 4.98 Å². The van der Waals surface area contributed by atoms with Crippen LogP contribution in [0.4, 0.5) is 0 Å². The molecular formula is C16H14Cl2N2O2. The van der Waals surface area contributed by atoms with Gasteiger partial charge in [-0.3, -0.25) is 9.78 Å². The van der Waals surface area contributed by atoms with Crippen molar-refractivity contribution in [3.8, 4) is 0 Å². The average molecular weight is 337 g/mol. The lowest BCUT2D eigenvalue weighted by molar-refractivity contribution is -0.0229. The Morgan fingerprint density at radius 2 is 2.09 bits per heavy atom. The predicted molar refractivity (Wildman–Crippen MR) is 85.3 cm³/mol. The van der Waals surface area contributed by atoms with Crippen molar-refractivity contribution in [3.63, 3.8) is 0 Å². The maximum atomic E-state index is 12.5. The second-order valence-corrected chi connectivity index (χ2v) is 5.84. The van der Waals surface area contributed by atoms with Crippen molar-refractivity contribution < 1.29 is 9.53 Å². The first-order valence-electron chi connectivity index (χ1n) is 6.92. The van der Waals surface area contributed by atoms with Gasteiger partial charge in [-0.1, -0.05) is 41.4 Å². The molecule has 1 aliphatic heterocycles. The van der Waals surface area contributed by atoms with Crippen LogP contribution < -0.4 is 0 Å². The number of benzene rings is 1. The summed E-state index contributed by atoms with van der Waals surface area (Å²) in [5.74, 6) is -0.150. The van der Waals surface area contributed by atoms with Crippen LogP contribution in [0, 0.1) is 0 Å². The van der Waals surface area contributed by atoms with Crippen LogP contribution in [0.3, 0.4) is 0 Å². The average Bonchev–Trinajstić information content (AvgIpc) is 2.55. The molecule has 0 saturated carbocycles. The number of rotatable bonds is 2. The van der Waals surface area contributed by atoms with E-state index in [0.717, 1.165) is 5.56 Å². The van der Waals surface area contributed by atoms with Crippen LogP contribution in [0.2, 0.25) is 10.0 Å². The Morgan fingerprint density at radius 1 is 1.27 bits per heavy atom. The van der Waals surface area contributed by atoms with Gasteiger partial charge in [-0.15, -0.1) is 0 Å². The highest BCUT2D eigenvalue weighted by atomic mass is 35.5. The van der Waals surface area contributed by atoms with Crippen molar-refractivity contribution in [2.24, 2.45) is 0 Å². The van der Waals surface area contributed by atoms with Gasteiger partial charge in [0.2, 0.25) is 0 Å². The molecule has 3 rings (SSSR count). The second kappa shape index (κ2) is 6.65. The summed E-state index contributed by atoms with van der Waals surface area (Å²) < 4.78 is 5.76. The molecule has 0 unspecified atom stereocenters. The molecular weight excluding hydrogens is 323 g/mol. The van der Waals surface area contributed by atoms with E-state index in [1.807, 2.05) is 24.3 Å². The number of hydrogen-bond acceptors (Lipinski definition) is 3. The molecule has 1 aliphatic rings. The van der Waals surface area contributed by atoms with Gasteiger partial charge >= 0.3 is 0 Å². The molecule has 0 bridgehead atoms. The first-order valence-corrected chi connectivity index (χ1v) is 7.67. The van der Waals surface area contributed by atoms with Crippen molar-refractivity contribution in [2.45, 2.75) is 6.10 Å². The summed E-state index contributed by atoms with van der Waals surface area (Å²) in [7, 11) is 0. The number of morpholine rings is 1. The fraction of sp³-hybridized carbons (Fsp3) is 0.250. The Hall–Kier alpha value is -1.62. The van der Waals surface area contributed by atoms with Gasteiger partial charge in [0.25, 0.3) is 5.91 Å². The molecule has 22 heavy (non-hydrogen) atoms. The number of hydrogen-bond donors (Lipinski definition) is 0. The van der Waals surface area contributed by atoms with E-state index < -0.39 is 0 Å². The quantitative estimate of drug-likeness (QED) is 0.841. The molecule has 1 aromatic carbocycles. The Morgan fingerprint density at radius 3 is 2.86 bits per heavy atom. The van der Waals surface area contributed by atoms with Crippen LogP contribution in [0.25, 0.3) is 0 Å². The molecule has 1 amide bonds. The molecule has 0 radical (unpaired) electrons. The normalized spacial score (nSPS) is 18.3. The number of ether oxygens (including phenoxy) is 1. The van der Waals surface area contributed by atoms with Crippen molar-refractivity contribution in [1.29, 1.82) is 0 Å². The minimum absolute atomic E-state index is 0.150. The monoisotopic (exact) mass is 336 g/mol. The van der Waals surface area contributed by atoms with Crippen molar-refractivity contribution in [2.75, 3.05) is 19.7 Å². The summed E-state index contributed by atoms with van der Waals surface area (Å²) in [6, 6.07) is 10.7. The fourth-order valence-electron chi connectivity index (χ4n) is 2.44. The molecule has 1 atom stereocenters. The molecule has 4 nitrogen and oxygen atoms in total. The van der Waals surface area contributed by atoms with E-state index in [9.17, 15) is 4.79 Å². The third kappa shape index (κ3) is 3.24. The van der Waals surface area contributed by atoms with Gasteiger partial charge in [0, 0.05) is 28.4 Å². The SMILES string of the molecule is O=C(c1cc(Cl)ccn1)N1CCO[C@@H](c2ccccc2Cl)C1. The zero-order chi connectivity index (χ0) is 15.5. The van der Waals surface area contributed by atoms with Crippen molar-refractivity contribution >= 4 is 29.1 Å². The number of nitrogens with zero attached hydrogens (tertiary/aromatic N) is 2. The summed E-state index contributed by atoms with van der Waals surface area (Å²) >= 11 is 12.1. The molecule has 0 spiro atoms. The second-order valence-electron chi connectivity index (χ2n) is 4.99. The fourth-order valence-corrected chi connectivity index (χ4v) is 2.86. The first kappa shape index (κ1) is 15.3. The molecule has 1 saturated heterocycles. The predicted octanol–water partition coefficient (Wildman–Crippen LogP) is 3.60. The van der Waals surface area contributed by atoms with Crippen LogP contribution >= 0.6 is 23.2 Å². The van der Waals surface area contributed by atoms with Crippen LogP contribution in [-0.2, 0) is 4.74 Å². The Kier molecular flexibility index (Phi) is 4.62. The highest BCUT2D eigenvalue weighted by Crippen LogP contribution is 2.28. The number of pyridine rings is 1. The van der Waals surface area contributed by atoms with Crippen LogP contribution in [0.5, 0.6) is 0 Å². The van der Waals surface area contributed by atoms with E-state index >= 15 is 0 Å². The summed E-state index contributed by atoms with van der Waals surface area (Å²) in [6.45, 7) is 1.42. The van der Waals surface area contributed by atoms with Gasteiger partial charge in [-0.05, 0) is 18.2 Å². The zero-order valence-electron chi connectivity index (χ0n) is 11.7. The number of carbonyl (C=O) groups is 1. The standard InChI is InChI=1S/C16H14Cl2N2O2/c17-11-5-6-19-14(9-11)16(21)20-7-8-22-15(10-20)12-3-1-2-4-13(12)18/h1-6,9,15H,7-8,10H2/t15-/m1/s1. The number of aromatic nitrogens is 1. The molecule has 1 fully saturated rings. The third-order valence-corrected chi connectivity index (χ3v) is 4.13. The van der Waals surface area contributed by atoms with Crippen molar-refractivity contribution in [3.05, 3.63) is 63.9 Å². The molecule has 0 N–H and O–H groups in total. The van der Waals surface area contributed by atoms with Gasteiger partial charge < -0.3 is 9.64 Å². The number of halogens is 2. The van der Waals surface area contributed by atoms with E-state index in [1.165, 1.54) is 6.20 Å². The maximum absolute atomic E-state index is 12.5. The highest BCUT2D eigenvalue weighted by Gasteiger charge is 2.27. The lowest BCUT2D eigenvalue weighted by atomic mass is 10.1. The van der Waals surface area contributed by atoms with Crippen LogP contribution in [-0.4, -0.2) is 35.5 Å². The largest absolute Gasteiger partial charge is 0.370 e. The van der Waals surface area contributed by atoms with Crippen LogP contribution in [0.15, 0.2) is 42.6 Å². The summed E-state index contributed by atoms with van der Waals surface area (Å²) in [5, 5.41) is 1.14. The van der Waals surface area contributed by atoms with E-state index in [0.29, 0.717) is 35.4 Å². The maximum Gasteiger partial charge on any atom is 0.272 e. The summed E-state index contributed by atoms with van der Waals surface area (Å²) in [5.41, 5.74) is 1.23. The van der Waals surface area contributed by atoms with E-state index in [-0.39, 0.29) is 12.0 Å². The third-order valence-electron chi connectivity index (χ3n) is 3.55. The molecule has 6 heteroatoms. The molecule has 1 aromatic heterocycles. The van der Waals surface area contributed by atoms with Crippen molar-refractivity contribution in [1.82, 2.24) is 9.88 Å². The van der Waals surface area contributed by atoms with E-state index in [4.69, 9.17) is 27.9 Å². The van der Waals surface area contributed by atoms with Gasteiger partial charge in [0.1, 0.15) is 11.8 Å². The smallest absolute Gasteiger partial charge is 0.272 e. The number of carbonyl (C=O) groups excluding carboxylic acids is 1. The number of amides is 1. The molecule has 0 aliphatic carbocycles. The van der Waals surface area contributed by atoms with Gasteiger partial charge in [0.15, 0.2) is 0 Å². The topological polar surface area (TPSA) is 42.4 Å².